The normalized spacial score (nSPS) is 10.4. The molecule has 110 valence electrons. The van der Waals surface area contributed by atoms with Gasteiger partial charge in [0.15, 0.2) is 5.82 Å². The first kappa shape index (κ1) is 14.9. The van der Waals surface area contributed by atoms with Crippen molar-refractivity contribution in [2.45, 2.75) is 27.2 Å². The minimum absolute atomic E-state index is 0.0620. The molecule has 6 nitrogen and oxygen atoms in total. The Morgan fingerprint density at radius 3 is 2.43 bits per heavy atom. The Morgan fingerprint density at radius 1 is 1.19 bits per heavy atom. The summed E-state index contributed by atoms with van der Waals surface area (Å²) in [5.41, 5.74) is 2.75. The number of benzene rings is 1. The molecule has 0 radical (unpaired) electrons. The first-order valence-corrected chi connectivity index (χ1v) is 6.87. The molecule has 0 bridgehead atoms. The summed E-state index contributed by atoms with van der Waals surface area (Å²) >= 11 is 0. The zero-order valence-electron chi connectivity index (χ0n) is 12.4. The third kappa shape index (κ3) is 3.34. The van der Waals surface area contributed by atoms with Crippen molar-refractivity contribution in [3.8, 4) is 11.4 Å². The monoisotopic (exact) mass is 286 g/mol. The Labute approximate surface area is 123 Å². The van der Waals surface area contributed by atoms with Crippen LogP contribution in [0.1, 0.15) is 24.6 Å². The minimum atomic E-state index is -0.417. The molecule has 0 aliphatic heterocycles. The summed E-state index contributed by atoms with van der Waals surface area (Å²) in [5.74, 6) is 1.39. The van der Waals surface area contributed by atoms with E-state index in [-0.39, 0.29) is 5.69 Å². The Bertz CT molecular complexity index is 653. The van der Waals surface area contributed by atoms with Crippen molar-refractivity contribution in [1.82, 2.24) is 9.97 Å². The lowest BCUT2D eigenvalue weighted by molar-refractivity contribution is -0.384. The molecular formula is C15H18N4O2. The van der Waals surface area contributed by atoms with Crippen LogP contribution in [0.3, 0.4) is 0 Å². The molecule has 0 unspecified atom stereocenters. The van der Waals surface area contributed by atoms with Gasteiger partial charge in [0, 0.05) is 35.5 Å². The molecular weight excluding hydrogens is 268 g/mol. The van der Waals surface area contributed by atoms with Gasteiger partial charge in [-0.3, -0.25) is 10.1 Å². The van der Waals surface area contributed by atoms with Gasteiger partial charge in [-0.15, -0.1) is 0 Å². The molecule has 0 amide bonds. The van der Waals surface area contributed by atoms with E-state index in [0.717, 1.165) is 35.6 Å². The SMILES string of the molecule is CCCNc1nc(-c2ccc([N+](=O)[O-])cc2)nc(C)c1C. The van der Waals surface area contributed by atoms with E-state index in [1.807, 2.05) is 13.8 Å². The highest BCUT2D eigenvalue weighted by molar-refractivity contribution is 5.61. The van der Waals surface area contributed by atoms with Crippen LogP contribution in [0.4, 0.5) is 11.5 Å². The van der Waals surface area contributed by atoms with Gasteiger partial charge in [0.05, 0.1) is 4.92 Å². The number of rotatable bonds is 5. The van der Waals surface area contributed by atoms with Gasteiger partial charge < -0.3 is 5.32 Å². The van der Waals surface area contributed by atoms with Crippen LogP contribution >= 0.6 is 0 Å². The van der Waals surface area contributed by atoms with Gasteiger partial charge in [0.1, 0.15) is 5.82 Å². The van der Waals surface area contributed by atoms with Crippen LogP contribution in [0, 0.1) is 24.0 Å². The van der Waals surface area contributed by atoms with Crippen molar-refractivity contribution in [2.75, 3.05) is 11.9 Å². The first-order valence-electron chi connectivity index (χ1n) is 6.87. The average molecular weight is 286 g/mol. The van der Waals surface area contributed by atoms with Gasteiger partial charge >= 0.3 is 0 Å². The Hall–Kier alpha value is -2.50. The Kier molecular flexibility index (Phi) is 4.47. The van der Waals surface area contributed by atoms with Crippen LogP contribution in [0.5, 0.6) is 0 Å². The molecule has 0 aliphatic carbocycles. The zero-order chi connectivity index (χ0) is 15.4. The summed E-state index contributed by atoms with van der Waals surface area (Å²) in [5, 5.41) is 14.0. The van der Waals surface area contributed by atoms with Gasteiger partial charge in [-0.05, 0) is 32.4 Å². The van der Waals surface area contributed by atoms with Crippen LogP contribution in [0.2, 0.25) is 0 Å². The highest BCUT2D eigenvalue weighted by Gasteiger charge is 2.11. The fraction of sp³-hybridized carbons (Fsp3) is 0.333. The van der Waals surface area contributed by atoms with Gasteiger partial charge in [0.25, 0.3) is 5.69 Å². The second-order valence-electron chi connectivity index (χ2n) is 4.84. The summed E-state index contributed by atoms with van der Waals surface area (Å²) in [6.07, 6.45) is 1.01. The standard InChI is InChI=1S/C15H18N4O2/c1-4-9-16-14-10(2)11(3)17-15(18-14)12-5-7-13(8-6-12)19(20)21/h5-8H,4,9H2,1-3H3,(H,16,17,18). The van der Waals surface area contributed by atoms with Gasteiger partial charge in [0.2, 0.25) is 0 Å². The van der Waals surface area contributed by atoms with Crippen molar-refractivity contribution in [3.63, 3.8) is 0 Å². The summed E-state index contributed by atoms with van der Waals surface area (Å²) in [7, 11) is 0. The number of nitro benzene ring substituents is 1. The summed E-state index contributed by atoms with van der Waals surface area (Å²) in [6.45, 7) is 6.85. The third-order valence-corrected chi connectivity index (χ3v) is 3.27. The maximum Gasteiger partial charge on any atom is 0.269 e. The Morgan fingerprint density at radius 2 is 1.86 bits per heavy atom. The fourth-order valence-corrected chi connectivity index (χ4v) is 1.91. The van der Waals surface area contributed by atoms with Gasteiger partial charge in [-0.2, -0.15) is 0 Å². The maximum absolute atomic E-state index is 10.7. The lowest BCUT2D eigenvalue weighted by atomic mass is 10.1. The zero-order valence-corrected chi connectivity index (χ0v) is 12.4. The van der Waals surface area contributed by atoms with Crippen LogP contribution in [-0.4, -0.2) is 21.4 Å². The first-order chi connectivity index (χ1) is 10.0. The third-order valence-electron chi connectivity index (χ3n) is 3.27. The number of hydrogen-bond acceptors (Lipinski definition) is 5. The lowest BCUT2D eigenvalue weighted by Gasteiger charge is -2.11. The van der Waals surface area contributed by atoms with Gasteiger partial charge in [-0.1, -0.05) is 6.92 Å². The summed E-state index contributed by atoms with van der Waals surface area (Å²) in [4.78, 5) is 19.3. The van der Waals surface area contributed by atoms with Crippen molar-refractivity contribution < 1.29 is 4.92 Å². The van der Waals surface area contributed by atoms with E-state index in [4.69, 9.17) is 0 Å². The number of nitro groups is 1. The predicted octanol–water partition coefficient (Wildman–Crippen LogP) is 3.49. The maximum atomic E-state index is 10.7. The number of non-ortho nitro benzene ring substituents is 1. The molecule has 2 aromatic rings. The van der Waals surface area contributed by atoms with E-state index in [1.165, 1.54) is 12.1 Å². The average Bonchev–Trinajstić information content (AvgIpc) is 2.48. The highest BCUT2D eigenvalue weighted by Crippen LogP contribution is 2.23. The number of anilines is 1. The quantitative estimate of drug-likeness (QED) is 0.672. The number of nitrogens with zero attached hydrogens (tertiary/aromatic N) is 3. The molecule has 21 heavy (non-hydrogen) atoms. The van der Waals surface area contributed by atoms with Gasteiger partial charge in [-0.25, -0.2) is 9.97 Å². The smallest absolute Gasteiger partial charge is 0.269 e. The number of aryl methyl sites for hydroxylation is 1. The lowest BCUT2D eigenvalue weighted by Crippen LogP contribution is -2.07. The van der Waals surface area contributed by atoms with E-state index < -0.39 is 4.92 Å². The minimum Gasteiger partial charge on any atom is -0.370 e. The molecule has 0 spiro atoms. The predicted molar refractivity (Wildman–Crippen MR) is 82.4 cm³/mol. The molecule has 1 heterocycles. The van der Waals surface area contributed by atoms with Crippen molar-refractivity contribution in [1.29, 1.82) is 0 Å². The van der Waals surface area contributed by atoms with Crippen LogP contribution in [0.25, 0.3) is 11.4 Å². The molecule has 1 N–H and O–H groups in total. The summed E-state index contributed by atoms with van der Waals surface area (Å²) in [6, 6.07) is 6.28. The van der Waals surface area contributed by atoms with E-state index in [1.54, 1.807) is 12.1 Å². The molecule has 0 saturated heterocycles. The second-order valence-corrected chi connectivity index (χ2v) is 4.84. The molecule has 2 rings (SSSR count). The number of nitrogens with one attached hydrogen (secondary N) is 1. The van der Waals surface area contributed by atoms with E-state index in [9.17, 15) is 10.1 Å². The van der Waals surface area contributed by atoms with Crippen LogP contribution in [-0.2, 0) is 0 Å². The highest BCUT2D eigenvalue weighted by atomic mass is 16.6. The molecule has 6 heteroatoms. The number of aromatic nitrogens is 2. The Balaban J connectivity index is 2.39. The van der Waals surface area contributed by atoms with Crippen molar-refractivity contribution in [3.05, 3.63) is 45.6 Å². The van der Waals surface area contributed by atoms with E-state index in [2.05, 4.69) is 22.2 Å². The largest absolute Gasteiger partial charge is 0.370 e. The van der Waals surface area contributed by atoms with E-state index >= 15 is 0 Å². The molecule has 0 atom stereocenters. The van der Waals surface area contributed by atoms with Crippen molar-refractivity contribution >= 4 is 11.5 Å². The molecule has 1 aromatic carbocycles. The number of hydrogen-bond donors (Lipinski definition) is 1. The topological polar surface area (TPSA) is 81.0 Å². The van der Waals surface area contributed by atoms with Crippen molar-refractivity contribution in [2.24, 2.45) is 0 Å². The molecule has 0 fully saturated rings. The second kappa shape index (κ2) is 6.30. The van der Waals surface area contributed by atoms with Crippen LogP contribution < -0.4 is 5.32 Å². The van der Waals surface area contributed by atoms with E-state index in [0.29, 0.717) is 5.82 Å². The fourth-order valence-electron chi connectivity index (χ4n) is 1.91. The molecule has 0 aliphatic rings. The molecule has 0 saturated carbocycles. The van der Waals surface area contributed by atoms with Crippen LogP contribution in [0.15, 0.2) is 24.3 Å². The summed E-state index contributed by atoms with van der Waals surface area (Å²) < 4.78 is 0. The molecule has 1 aromatic heterocycles.